The number of benzene rings is 1. The van der Waals surface area contributed by atoms with Gasteiger partial charge in [0.2, 0.25) is 5.89 Å². The molecule has 0 aliphatic heterocycles. The van der Waals surface area contributed by atoms with E-state index < -0.39 is 0 Å². The lowest BCUT2D eigenvalue weighted by Gasteiger charge is -2.21. The Kier molecular flexibility index (Phi) is 5.76. The van der Waals surface area contributed by atoms with Crippen LogP contribution in [0.3, 0.4) is 0 Å². The fraction of sp³-hybridized carbons (Fsp3) is 0.500. The summed E-state index contributed by atoms with van der Waals surface area (Å²) in [5.74, 6) is 1.48. The van der Waals surface area contributed by atoms with E-state index in [9.17, 15) is 0 Å². The summed E-state index contributed by atoms with van der Waals surface area (Å²) in [5, 5.41) is 4.80. The fourth-order valence-corrected chi connectivity index (χ4v) is 2.20. The normalized spacial score (nSPS) is 12.8. The number of rotatable bonds is 7. The second kappa shape index (κ2) is 7.57. The number of hydrogen-bond donors (Lipinski definition) is 0. The third-order valence-electron chi connectivity index (χ3n) is 3.60. The average Bonchev–Trinajstić information content (AvgIpc) is 2.95. The van der Waals surface area contributed by atoms with Crippen LogP contribution in [0.1, 0.15) is 50.0 Å². The van der Waals surface area contributed by atoms with Crippen molar-refractivity contribution < 1.29 is 4.52 Å². The Morgan fingerprint density at radius 3 is 2.67 bits per heavy atom. The van der Waals surface area contributed by atoms with E-state index in [2.05, 4.69) is 35.9 Å². The van der Waals surface area contributed by atoms with Crippen LogP contribution >= 0.6 is 11.6 Å². The highest BCUT2D eigenvalue weighted by atomic mass is 35.5. The van der Waals surface area contributed by atoms with Gasteiger partial charge in [-0.25, -0.2) is 0 Å². The third-order valence-corrected chi connectivity index (χ3v) is 3.85. The van der Waals surface area contributed by atoms with Gasteiger partial charge in [-0.1, -0.05) is 42.2 Å². The number of aryl methyl sites for hydroxylation is 1. The minimum atomic E-state index is 0.0866. The van der Waals surface area contributed by atoms with E-state index in [0.717, 1.165) is 36.7 Å². The van der Waals surface area contributed by atoms with Gasteiger partial charge in [0.1, 0.15) is 0 Å². The molecule has 1 unspecified atom stereocenters. The van der Waals surface area contributed by atoms with Crippen molar-refractivity contribution in [2.45, 2.75) is 45.7 Å². The Balaban J connectivity index is 1.96. The number of nitrogens with zero attached hydrogens (tertiary/aromatic N) is 3. The highest BCUT2D eigenvalue weighted by Crippen LogP contribution is 2.20. The molecule has 0 N–H and O–H groups in total. The van der Waals surface area contributed by atoms with E-state index in [1.54, 1.807) is 0 Å². The highest BCUT2D eigenvalue weighted by molar-refractivity contribution is 6.30. The second-order valence-electron chi connectivity index (χ2n) is 5.37. The van der Waals surface area contributed by atoms with Gasteiger partial charge in [0.25, 0.3) is 0 Å². The largest absolute Gasteiger partial charge is 0.338 e. The Labute approximate surface area is 131 Å². The predicted octanol–water partition coefficient (Wildman–Crippen LogP) is 4.26. The van der Waals surface area contributed by atoms with Gasteiger partial charge in [0.05, 0.1) is 6.04 Å². The molecule has 0 bridgehead atoms. The fourth-order valence-electron chi connectivity index (χ4n) is 2.08. The Hall–Kier alpha value is -1.39. The van der Waals surface area contributed by atoms with Crippen LogP contribution in [-0.4, -0.2) is 22.1 Å². The first-order valence-electron chi connectivity index (χ1n) is 7.37. The van der Waals surface area contributed by atoms with Crippen molar-refractivity contribution in [3.05, 3.63) is 46.6 Å². The van der Waals surface area contributed by atoms with Gasteiger partial charge in [-0.05, 0) is 38.1 Å². The highest BCUT2D eigenvalue weighted by Gasteiger charge is 2.18. The van der Waals surface area contributed by atoms with Crippen molar-refractivity contribution in [2.24, 2.45) is 0 Å². The quantitative estimate of drug-likeness (QED) is 0.766. The zero-order valence-electron chi connectivity index (χ0n) is 12.8. The lowest BCUT2D eigenvalue weighted by atomic mass is 10.2. The summed E-state index contributed by atoms with van der Waals surface area (Å²) >= 11 is 5.90. The maximum absolute atomic E-state index is 5.90. The molecule has 1 aromatic carbocycles. The molecular formula is C16H22ClN3O. The van der Waals surface area contributed by atoms with E-state index in [1.807, 2.05) is 24.3 Å². The molecule has 0 saturated carbocycles. The molecule has 1 atom stereocenters. The van der Waals surface area contributed by atoms with Crippen molar-refractivity contribution in [3.8, 4) is 0 Å². The summed E-state index contributed by atoms with van der Waals surface area (Å²) in [5.41, 5.74) is 1.21. The van der Waals surface area contributed by atoms with Crippen LogP contribution in [0.15, 0.2) is 28.8 Å². The Morgan fingerprint density at radius 1 is 1.29 bits per heavy atom. The minimum absolute atomic E-state index is 0.0866. The lowest BCUT2D eigenvalue weighted by Crippen LogP contribution is -2.22. The van der Waals surface area contributed by atoms with Crippen LogP contribution in [0.25, 0.3) is 0 Å². The molecule has 1 heterocycles. The molecular weight excluding hydrogens is 286 g/mol. The maximum Gasteiger partial charge on any atom is 0.243 e. The summed E-state index contributed by atoms with van der Waals surface area (Å²) in [6.07, 6.45) is 3.11. The topological polar surface area (TPSA) is 42.2 Å². The van der Waals surface area contributed by atoms with Crippen molar-refractivity contribution in [2.75, 3.05) is 7.05 Å². The first kappa shape index (κ1) is 16.0. The SMILES string of the molecule is CCCCc1noc(C(C)N(C)Cc2ccc(Cl)cc2)n1. The number of halogens is 1. The van der Waals surface area contributed by atoms with E-state index in [4.69, 9.17) is 16.1 Å². The zero-order chi connectivity index (χ0) is 15.2. The Morgan fingerprint density at radius 2 is 2.00 bits per heavy atom. The van der Waals surface area contributed by atoms with Crippen LogP contribution in [-0.2, 0) is 13.0 Å². The summed E-state index contributed by atoms with van der Waals surface area (Å²) < 4.78 is 5.38. The molecule has 21 heavy (non-hydrogen) atoms. The van der Waals surface area contributed by atoms with Gasteiger partial charge >= 0.3 is 0 Å². The summed E-state index contributed by atoms with van der Waals surface area (Å²) in [6.45, 7) is 5.04. The van der Waals surface area contributed by atoms with Gasteiger partial charge in [-0.2, -0.15) is 4.98 Å². The van der Waals surface area contributed by atoms with Gasteiger partial charge < -0.3 is 4.52 Å². The first-order valence-corrected chi connectivity index (χ1v) is 7.75. The summed E-state index contributed by atoms with van der Waals surface area (Å²) in [7, 11) is 2.05. The molecule has 0 radical (unpaired) electrons. The molecule has 0 fully saturated rings. The van der Waals surface area contributed by atoms with Gasteiger partial charge in [0, 0.05) is 18.0 Å². The summed E-state index contributed by atoms with van der Waals surface area (Å²) in [6, 6.07) is 7.97. The summed E-state index contributed by atoms with van der Waals surface area (Å²) in [4.78, 5) is 6.66. The van der Waals surface area contributed by atoms with Crippen LogP contribution in [0.4, 0.5) is 0 Å². The van der Waals surface area contributed by atoms with Crippen LogP contribution in [0.2, 0.25) is 5.02 Å². The molecule has 2 rings (SSSR count). The van der Waals surface area contributed by atoms with E-state index in [0.29, 0.717) is 5.89 Å². The molecule has 4 nitrogen and oxygen atoms in total. The van der Waals surface area contributed by atoms with Crippen molar-refractivity contribution in [3.63, 3.8) is 0 Å². The van der Waals surface area contributed by atoms with Gasteiger partial charge in [0.15, 0.2) is 5.82 Å². The minimum Gasteiger partial charge on any atom is -0.338 e. The molecule has 0 amide bonds. The average molecular weight is 308 g/mol. The van der Waals surface area contributed by atoms with E-state index in [1.165, 1.54) is 5.56 Å². The number of unbranched alkanes of at least 4 members (excludes halogenated alkanes) is 1. The molecule has 5 heteroatoms. The Bertz CT molecular complexity index is 553. The monoisotopic (exact) mass is 307 g/mol. The smallest absolute Gasteiger partial charge is 0.243 e. The van der Waals surface area contributed by atoms with Crippen molar-refractivity contribution in [1.82, 2.24) is 15.0 Å². The molecule has 0 spiro atoms. The van der Waals surface area contributed by atoms with Crippen molar-refractivity contribution in [1.29, 1.82) is 0 Å². The van der Waals surface area contributed by atoms with E-state index >= 15 is 0 Å². The maximum atomic E-state index is 5.90. The van der Waals surface area contributed by atoms with Crippen LogP contribution < -0.4 is 0 Å². The van der Waals surface area contributed by atoms with Gasteiger partial charge in [-0.15, -0.1) is 0 Å². The number of hydrogen-bond acceptors (Lipinski definition) is 4. The molecule has 0 saturated heterocycles. The molecule has 1 aromatic heterocycles. The zero-order valence-corrected chi connectivity index (χ0v) is 13.6. The molecule has 0 aliphatic carbocycles. The predicted molar refractivity (Wildman–Crippen MR) is 84.2 cm³/mol. The number of aromatic nitrogens is 2. The van der Waals surface area contributed by atoms with E-state index in [-0.39, 0.29) is 6.04 Å². The standard InChI is InChI=1S/C16H22ClN3O/c1-4-5-6-15-18-16(21-19-15)12(2)20(3)11-13-7-9-14(17)10-8-13/h7-10,12H,4-6,11H2,1-3H3. The molecule has 2 aromatic rings. The van der Waals surface area contributed by atoms with Crippen LogP contribution in [0.5, 0.6) is 0 Å². The van der Waals surface area contributed by atoms with Crippen molar-refractivity contribution >= 4 is 11.6 Å². The van der Waals surface area contributed by atoms with Crippen LogP contribution in [0, 0.1) is 0 Å². The molecule has 0 aliphatic rings. The lowest BCUT2D eigenvalue weighted by molar-refractivity contribution is 0.202. The molecule has 114 valence electrons. The second-order valence-corrected chi connectivity index (χ2v) is 5.81. The van der Waals surface area contributed by atoms with Gasteiger partial charge in [-0.3, -0.25) is 4.90 Å². The first-order chi connectivity index (χ1) is 10.1. The third kappa shape index (κ3) is 4.55.